The van der Waals surface area contributed by atoms with E-state index in [1.165, 1.54) is 0 Å². The normalized spacial score (nSPS) is 24.4. The highest BCUT2D eigenvalue weighted by atomic mass is 16.2. The minimum atomic E-state index is -0.218. The largest absolute Gasteiger partial charge is 0.353 e. The highest BCUT2D eigenvalue weighted by molar-refractivity contribution is 5.83. The maximum Gasteiger partial charge on any atom is 0.239 e. The molecule has 2 fully saturated rings. The highest BCUT2D eigenvalue weighted by Gasteiger charge is 2.45. The number of hydrogen-bond donors (Lipinski definition) is 2. The standard InChI is InChI=1S/C23H30N6O2/c1-4-12-24-21(30)10-9-16-14-25-23(31)22-19(27(16)2)11-13-29(22)15-20-26-17-7-5-6-8-18(17)28(20)3/h1,5-8,16,19,22H,9-15H2,2-3H3,(H,24,30)(H,25,31). The van der Waals surface area contributed by atoms with Crippen LogP contribution in [0.5, 0.6) is 0 Å². The van der Waals surface area contributed by atoms with Crippen LogP contribution in [0.4, 0.5) is 0 Å². The zero-order valence-electron chi connectivity index (χ0n) is 18.2. The number of nitrogens with one attached hydrogen (secondary N) is 2. The minimum absolute atomic E-state index is 0.0478. The van der Waals surface area contributed by atoms with Crippen molar-refractivity contribution in [3.8, 4) is 12.3 Å². The zero-order chi connectivity index (χ0) is 22.0. The Hall–Kier alpha value is -2.89. The van der Waals surface area contributed by atoms with E-state index < -0.39 is 0 Å². The van der Waals surface area contributed by atoms with E-state index in [4.69, 9.17) is 11.4 Å². The first-order chi connectivity index (χ1) is 15.0. The molecule has 2 aromatic rings. The summed E-state index contributed by atoms with van der Waals surface area (Å²) in [6.45, 7) is 2.27. The second-order valence-corrected chi connectivity index (χ2v) is 8.43. The van der Waals surface area contributed by atoms with E-state index in [2.05, 4.69) is 44.0 Å². The topological polar surface area (TPSA) is 82.5 Å². The van der Waals surface area contributed by atoms with Gasteiger partial charge < -0.3 is 15.2 Å². The number of terminal acetylenes is 1. The van der Waals surface area contributed by atoms with E-state index in [1.807, 2.05) is 25.2 Å². The van der Waals surface area contributed by atoms with Crippen LogP contribution >= 0.6 is 0 Å². The van der Waals surface area contributed by atoms with Gasteiger partial charge in [-0.05, 0) is 32.0 Å². The number of hydrogen-bond acceptors (Lipinski definition) is 5. The van der Waals surface area contributed by atoms with E-state index in [0.717, 1.165) is 29.8 Å². The highest BCUT2D eigenvalue weighted by Crippen LogP contribution is 2.29. The average Bonchev–Trinajstić information content (AvgIpc) is 3.30. The summed E-state index contributed by atoms with van der Waals surface area (Å²) in [5.74, 6) is 3.39. The van der Waals surface area contributed by atoms with Crippen LogP contribution in [0.15, 0.2) is 24.3 Å². The van der Waals surface area contributed by atoms with Crippen molar-refractivity contribution < 1.29 is 9.59 Å². The second kappa shape index (κ2) is 9.08. The first-order valence-corrected chi connectivity index (χ1v) is 10.8. The summed E-state index contributed by atoms with van der Waals surface area (Å²) < 4.78 is 2.11. The molecule has 164 valence electrons. The number of fused-ring (bicyclic) bond motifs is 2. The molecule has 4 rings (SSSR count). The van der Waals surface area contributed by atoms with Gasteiger partial charge in [-0.2, -0.15) is 0 Å². The van der Waals surface area contributed by atoms with Crippen LogP contribution < -0.4 is 10.6 Å². The Morgan fingerprint density at radius 3 is 2.94 bits per heavy atom. The van der Waals surface area contributed by atoms with E-state index >= 15 is 0 Å². The van der Waals surface area contributed by atoms with Gasteiger partial charge >= 0.3 is 0 Å². The van der Waals surface area contributed by atoms with Crippen LogP contribution in [0.2, 0.25) is 0 Å². The number of carbonyl (C=O) groups excluding carboxylic acids is 2. The third kappa shape index (κ3) is 4.29. The van der Waals surface area contributed by atoms with Gasteiger partial charge in [-0.15, -0.1) is 6.42 Å². The van der Waals surface area contributed by atoms with Crippen molar-refractivity contribution >= 4 is 22.8 Å². The lowest BCUT2D eigenvalue weighted by molar-refractivity contribution is -0.126. The molecular weight excluding hydrogens is 392 g/mol. The Morgan fingerprint density at radius 2 is 2.16 bits per heavy atom. The fourth-order valence-electron chi connectivity index (χ4n) is 4.88. The quantitative estimate of drug-likeness (QED) is 0.662. The van der Waals surface area contributed by atoms with Gasteiger partial charge in [0, 0.05) is 38.6 Å². The molecule has 3 heterocycles. The fraction of sp³-hybridized carbons (Fsp3) is 0.522. The van der Waals surface area contributed by atoms with Crippen LogP contribution in [0, 0.1) is 12.3 Å². The fourth-order valence-corrected chi connectivity index (χ4v) is 4.88. The summed E-state index contributed by atoms with van der Waals surface area (Å²) in [7, 11) is 4.10. The predicted molar refractivity (Wildman–Crippen MR) is 119 cm³/mol. The van der Waals surface area contributed by atoms with Gasteiger partial charge in [-0.25, -0.2) is 4.98 Å². The molecule has 1 aromatic heterocycles. The first-order valence-electron chi connectivity index (χ1n) is 10.8. The van der Waals surface area contributed by atoms with Crippen LogP contribution in [0.25, 0.3) is 11.0 Å². The SMILES string of the molecule is C#CCNC(=O)CCC1CNC(=O)C2C(CCN2Cc2nc3ccccc3n2C)N1C. The number of carbonyl (C=O) groups is 2. The summed E-state index contributed by atoms with van der Waals surface area (Å²) in [5, 5.41) is 5.82. The Labute approximate surface area is 183 Å². The van der Waals surface area contributed by atoms with Crippen molar-refractivity contribution in [1.82, 2.24) is 30.0 Å². The number of para-hydroxylation sites is 2. The third-order valence-corrected chi connectivity index (χ3v) is 6.67. The van der Waals surface area contributed by atoms with Crippen molar-refractivity contribution in [3.63, 3.8) is 0 Å². The van der Waals surface area contributed by atoms with Gasteiger partial charge in [0.2, 0.25) is 11.8 Å². The maximum absolute atomic E-state index is 13.0. The zero-order valence-corrected chi connectivity index (χ0v) is 18.2. The molecule has 2 aliphatic heterocycles. The molecule has 8 nitrogen and oxygen atoms in total. The van der Waals surface area contributed by atoms with Crippen molar-refractivity contribution in [3.05, 3.63) is 30.1 Å². The summed E-state index contributed by atoms with van der Waals surface area (Å²) in [4.78, 5) is 34.3. The maximum atomic E-state index is 13.0. The molecule has 1 aromatic carbocycles. The Balaban J connectivity index is 1.45. The van der Waals surface area contributed by atoms with Gasteiger partial charge in [0.05, 0.1) is 24.1 Å². The third-order valence-electron chi connectivity index (χ3n) is 6.67. The minimum Gasteiger partial charge on any atom is -0.353 e. The lowest BCUT2D eigenvalue weighted by Gasteiger charge is -2.33. The number of aromatic nitrogens is 2. The van der Waals surface area contributed by atoms with Crippen molar-refractivity contribution in [2.24, 2.45) is 7.05 Å². The van der Waals surface area contributed by atoms with Crippen LogP contribution in [0.3, 0.4) is 0 Å². The molecule has 0 radical (unpaired) electrons. The molecule has 2 aliphatic rings. The predicted octanol–water partition coefficient (Wildman–Crippen LogP) is 0.476. The number of benzene rings is 1. The second-order valence-electron chi connectivity index (χ2n) is 8.43. The molecule has 0 bridgehead atoms. The molecule has 8 heteroatoms. The van der Waals surface area contributed by atoms with Gasteiger partial charge in [-0.1, -0.05) is 18.1 Å². The van der Waals surface area contributed by atoms with E-state index in [9.17, 15) is 9.59 Å². The number of imidazole rings is 1. The van der Waals surface area contributed by atoms with Crippen molar-refractivity contribution in [2.75, 3.05) is 26.7 Å². The van der Waals surface area contributed by atoms with Crippen molar-refractivity contribution in [2.45, 2.75) is 43.9 Å². The van der Waals surface area contributed by atoms with Gasteiger partial charge in [-0.3, -0.25) is 19.4 Å². The molecule has 3 unspecified atom stereocenters. The van der Waals surface area contributed by atoms with Gasteiger partial charge in [0.15, 0.2) is 0 Å². The number of rotatable bonds is 6. The molecule has 2 saturated heterocycles. The Morgan fingerprint density at radius 1 is 1.35 bits per heavy atom. The van der Waals surface area contributed by atoms with E-state index in [-0.39, 0.29) is 36.5 Å². The van der Waals surface area contributed by atoms with Gasteiger partial charge in [0.25, 0.3) is 0 Å². The molecule has 0 spiro atoms. The van der Waals surface area contributed by atoms with Crippen molar-refractivity contribution in [1.29, 1.82) is 0 Å². The van der Waals surface area contributed by atoms with Crippen LogP contribution in [0.1, 0.15) is 25.1 Å². The number of nitrogens with zero attached hydrogens (tertiary/aromatic N) is 4. The smallest absolute Gasteiger partial charge is 0.239 e. The molecule has 0 aliphatic carbocycles. The number of aryl methyl sites for hydroxylation is 1. The molecule has 31 heavy (non-hydrogen) atoms. The van der Waals surface area contributed by atoms with E-state index in [0.29, 0.717) is 25.9 Å². The number of likely N-dealkylation sites (N-methyl/N-ethyl adjacent to an activating group) is 1. The Kier molecular flexibility index (Phi) is 6.25. The van der Waals surface area contributed by atoms with Crippen LogP contribution in [-0.4, -0.2) is 76.0 Å². The molecule has 2 N–H and O–H groups in total. The lowest BCUT2D eigenvalue weighted by Crippen LogP contribution is -2.49. The summed E-state index contributed by atoms with van der Waals surface area (Å²) in [5.41, 5.74) is 2.07. The summed E-state index contributed by atoms with van der Waals surface area (Å²) in [6, 6.07) is 8.11. The summed E-state index contributed by atoms with van der Waals surface area (Å²) in [6.07, 6.45) is 7.19. The number of likely N-dealkylation sites (tertiary alicyclic amines) is 1. The average molecular weight is 423 g/mol. The summed E-state index contributed by atoms with van der Waals surface area (Å²) >= 11 is 0. The lowest BCUT2D eigenvalue weighted by atomic mass is 10.0. The first kappa shape index (κ1) is 21.3. The Bertz CT molecular complexity index is 1010. The van der Waals surface area contributed by atoms with Crippen LogP contribution in [-0.2, 0) is 23.2 Å². The van der Waals surface area contributed by atoms with Gasteiger partial charge in [0.1, 0.15) is 11.9 Å². The molecule has 2 amide bonds. The molecule has 3 atom stereocenters. The number of amides is 2. The van der Waals surface area contributed by atoms with E-state index in [1.54, 1.807) is 0 Å². The monoisotopic (exact) mass is 422 g/mol. The molecule has 0 saturated carbocycles. The molecular formula is C23H30N6O2.